The number of carboxylic acid groups (broad SMARTS) is 3. The van der Waals surface area contributed by atoms with Crippen LogP contribution in [0.25, 0.3) is 0 Å². The SMILES string of the molecule is CCCCC(=O)[O-].CCCCC(=O)[O-].CCCCC(=O)[O-].[Er+3]. The van der Waals surface area contributed by atoms with E-state index in [0.717, 1.165) is 38.5 Å². The predicted octanol–water partition coefficient (Wildman–Crippen LogP) is -0.220. The van der Waals surface area contributed by atoms with E-state index < -0.39 is 17.9 Å². The molecule has 0 aliphatic heterocycles. The fourth-order valence-electron chi connectivity index (χ4n) is 0.963. The van der Waals surface area contributed by atoms with Gasteiger partial charge in [-0.1, -0.05) is 40.0 Å². The van der Waals surface area contributed by atoms with Gasteiger partial charge in [-0.25, -0.2) is 0 Å². The van der Waals surface area contributed by atoms with Crippen LogP contribution in [-0.2, 0) is 14.4 Å². The number of hydrogen-bond donors (Lipinski definition) is 0. The molecule has 0 N–H and O–H groups in total. The van der Waals surface area contributed by atoms with Crippen molar-refractivity contribution >= 4 is 17.9 Å². The molecule has 0 aromatic rings. The summed E-state index contributed by atoms with van der Waals surface area (Å²) in [7, 11) is 0. The first-order valence-electron chi connectivity index (χ1n) is 7.41. The first-order valence-corrected chi connectivity index (χ1v) is 7.41. The van der Waals surface area contributed by atoms with E-state index in [1.165, 1.54) is 0 Å². The summed E-state index contributed by atoms with van der Waals surface area (Å²) < 4.78 is 0. The van der Waals surface area contributed by atoms with E-state index in [4.69, 9.17) is 0 Å². The predicted molar refractivity (Wildman–Crippen MR) is 73.6 cm³/mol. The fourth-order valence-corrected chi connectivity index (χ4v) is 0.963. The zero-order chi connectivity index (χ0) is 17.1. The molecular formula is C15H27ErO6. The van der Waals surface area contributed by atoms with E-state index in [-0.39, 0.29) is 56.6 Å². The van der Waals surface area contributed by atoms with Crippen molar-refractivity contribution in [3.63, 3.8) is 0 Å². The second-order valence-electron chi connectivity index (χ2n) is 4.43. The summed E-state index contributed by atoms with van der Waals surface area (Å²) >= 11 is 0. The first-order chi connectivity index (χ1) is 9.81. The molecule has 0 fully saturated rings. The van der Waals surface area contributed by atoms with Gasteiger partial charge < -0.3 is 29.7 Å². The Balaban J connectivity index is -0.000000108. The zero-order valence-electron chi connectivity index (χ0n) is 13.6. The molecular weight excluding hydrogens is 443 g/mol. The summed E-state index contributed by atoms with van der Waals surface area (Å²) in [6.45, 7) is 5.84. The van der Waals surface area contributed by atoms with Gasteiger partial charge in [0.2, 0.25) is 0 Å². The maximum atomic E-state index is 9.65. The van der Waals surface area contributed by atoms with Gasteiger partial charge in [0.15, 0.2) is 0 Å². The van der Waals surface area contributed by atoms with Crippen LogP contribution in [0.2, 0.25) is 0 Å². The fraction of sp³-hybridized carbons (Fsp3) is 0.800. The minimum atomic E-state index is -0.943. The molecule has 0 heterocycles. The van der Waals surface area contributed by atoms with E-state index in [2.05, 4.69) is 0 Å². The van der Waals surface area contributed by atoms with Crippen LogP contribution >= 0.6 is 0 Å². The minimum Gasteiger partial charge on any atom is -0.550 e. The molecule has 0 spiro atoms. The van der Waals surface area contributed by atoms with Gasteiger partial charge in [0.1, 0.15) is 0 Å². The average molecular weight is 471 g/mol. The van der Waals surface area contributed by atoms with E-state index >= 15 is 0 Å². The Labute approximate surface area is 162 Å². The van der Waals surface area contributed by atoms with Crippen LogP contribution in [-0.4, -0.2) is 17.9 Å². The smallest absolute Gasteiger partial charge is 0.550 e. The number of aliphatic carboxylic acids is 3. The molecule has 0 saturated heterocycles. The molecule has 0 atom stereocenters. The molecule has 0 saturated carbocycles. The van der Waals surface area contributed by atoms with Gasteiger partial charge in [0.05, 0.1) is 0 Å². The van der Waals surface area contributed by atoms with Crippen LogP contribution in [0.15, 0.2) is 0 Å². The van der Waals surface area contributed by atoms with Gasteiger partial charge >= 0.3 is 37.3 Å². The van der Waals surface area contributed by atoms with Gasteiger partial charge in [0, 0.05) is 17.9 Å². The number of unbranched alkanes of at least 4 members (excludes halogenated alkanes) is 3. The van der Waals surface area contributed by atoms with Crippen molar-refractivity contribution in [3.05, 3.63) is 0 Å². The number of hydrogen-bond acceptors (Lipinski definition) is 6. The molecule has 0 amide bonds. The number of rotatable bonds is 9. The number of carbonyl (C=O) groups excluding carboxylic acids is 3. The van der Waals surface area contributed by atoms with Gasteiger partial charge in [0.25, 0.3) is 0 Å². The molecule has 135 valence electrons. The summed E-state index contributed by atoms with van der Waals surface area (Å²) in [5.41, 5.74) is 0. The van der Waals surface area contributed by atoms with Crippen molar-refractivity contribution in [3.8, 4) is 0 Å². The molecule has 6 nitrogen and oxygen atoms in total. The molecule has 0 unspecified atom stereocenters. The summed E-state index contributed by atoms with van der Waals surface area (Å²) in [5, 5.41) is 28.9. The van der Waals surface area contributed by atoms with Gasteiger partial charge in [-0.05, 0) is 38.5 Å². The van der Waals surface area contributed by atoms with Gasteiger partial charge in [-0.2, -0.15) is 0 Å². The molecule has 0 bridgehead atoms. The van der Waals surface area contributed by atoms with E-state index in [1.807, 2.05) is 20.8 Å². The zero-order valence-corrected chi connectivity index (χ0v) is 15.5. The average Bonchev–Trinajstić information content (AvgIpc) is 2.41. The summed E-state index contributed by atoms with van der Waals surface area (Å²) in [5.74, 6) is -2.83. The molecule has 7 heteroatoms. The Morgan fingerprint density at radius 3 is 0.818 bits per heavy atom. The van der Waals surface area contributed by atoms with Crippen LogP contribution in [0.3, 0.4) is 0 Å². The van der Waals surface area contributed by atoms with Crippen LogP contribution in [0.5, 0.6) is 0 Å². The molecule has 0 aromatic heterocycles. The Hall–Kier alpha value is -0.343. The molecule has 0 aromatic carbocycles. The van der Waals surface area contributed by atoms with Crippen LogP contribution < -0.4 is 15.3 Å². The van der Waals surface area contributed by atoms with Crippen molar-refractivity contribution in [2.75, 3.05) is 0 Å². The van der Waals surface area contributed by atoms with E-state index in [0.29, 0.717) is 0 Å². The molecule has 22 heavy (non-hydrogen) atoms. The monoisotopic (exact) mass is 469 g/mol. The van der Waals surface area contributed by atoms with Crippen molar-refractivity contribution in [1.82, 2.24) is 0 Å². The first kappa shape index (κ1) is 29.6. The van der Waals surface area contributed by atoms with Crippen LogP contribution in [0.1, 0.15) is 78.6 Å². The molecule has 1 radical (unpaired) electrons. The van der Waals surface area contributed by atoms with Crippen molar-refractivity contribution in [2.24, 2.45) is 0 Å². The molecule has 0 aliphatic carbocycles. The van der Waals surface area contributed by atoms with Gasteiger partial charge in [-0.3, -0.25) is 0 Å². The Morgan fingerprint density at radius 2 is 0.773 bits per heavy atom. The van der Waals surface area contributed by atoms with Gasteiger partial charge in [-0.15, -0.1) is 0 Å². The summed E-state index contributed by atoms with van der Waals surface area (Å²) in [6, 6.07) is 0. The molecule has 0 rings (SSSR count). The Bertz CT molecular complexity index is 226. The van der Waals surface area contributed by atoms with E-state index in [9.17, 15) is 29.7 Å². The largest absolute Gasteiger partial charge is 3.00 e. The number of carboxylic acids is 3. The Kier molecular flexibility index (Phi) is 34.5. The van der Waals surface area contributed by atoms with Crippen molar-refractivity contribution in [1.29, 1.82) is 0 Å². The quantitative estimate of drug-likeness (QED) is 0.459. The van der Waals surface area contributed by atoms with E-state index in [1.54, 1.807) is 0 Å². The topological polar surface area (TPSA) is 120 Å². The second kappa shape index (κ2) is 25.6. The summed E-state index contributed by atoms with van der Waals surface area (Å²) in [4.78, 5) is 28.9. The maximum Gasteiger partial charge on any atom is 3.00 e. The van der Waals surface area contributed by atoms with Crippen LogP contribution in [0, 0.1) is 37.3 Å². The van der Waals surface area contributed by atoms with Crippen molar-refractivity contribution < 1.29 is 67.0 Å². The normalized spacial score (nSPS) is 8.32. The number of carbonyl (C=O) groups is 3. The standard InChI is InChI=1S/3C5H10O2.Er/c3*1-2-3-4-5(6)7;/h3*2-4H2,1H3,(H,6,7);/q;;;+3/p-3. The second-order valence-corrected chi connectivity index (χ2v) is 4.43. The summed E-state index contributed by atoms with van der Waals surface area (Å²) in [6.07, 6.45) is 5.60. The van der Waals surface area contributed by atoms with Crippen LogP contribution in [0.4, 0.5) is 0 Å². The third kappa shape index (κ3) is 50.4. The molecule has 0 aliphatic rings. The van der Waals surface area contributed by atoms with Crippen molar-refractivity contribution in [2.45, 2.75) is 78.6 Å². The third-order valence-corrected chi connectivity index (χ3v) is 2.20. The third-order valence-electron chi connectivity index (χ3n) is 2.20. The minimum absolute atomic E-state index is 0. The maximum absolute atomic E-state index is 9.65. The Morgan fingerprint density at radius 1 is 0.591 bits per heavy atom.